The van der Waals surface area contributed by atoms with Crippen LogP contribution in [0.5, 0.6) is 0 Å². The van der Waals surface area contributed by atoms with E-state index in [9.17, 15) is 19.2 Å². The SMILES string of the molecule is CSC1OC(COC(C)=O)C(OC(C)=O)C(CC(C)=O)C1OC(C)=O. The molecule has 0 aromatic heterocycles. The molecule has 0 aromatic carbocycles. The number of carbonyl (C=O) groups is 4. The quantitative estimate of drug-likeness (QED) is 0.477. The fourth-order valence-electron chi connectivity index (χ4n) is 2.77. The lowest BCUT2D eigenvalue weighted by Gasteiger charge is -2.44. The Bertz CT molecular complexity index is 520. The zero-order valence-corrected chi connectivity index (χ0v) is 15.8. The molecule has 5 unspecified atom stereocenters. The summed E-state index contributed by atoms with van der Waals surface area (Å²) in [7, 11) is 0. The van der Waals surface area contributed by atoms with Gasteiger partial charge in [-0.15, -0.1) is 11.8 Å². The van der Waals surface area contributed by atoms with Gasteiger partial charge in [-0.2, -0.15) is 0 Å². The fraction of sp³-hybridized carbons (Fsp3) is 0.750. The van der Waals surface area contributed by atoms with E-state index in [-0.39, 0.29) is 18.8 Å². The standard InChI is InChI=1S/C16H24O8S/c1-8(17)6-12-14(22-10(3)19)13(7-21-9(2)18)24-16(25-5)15(12)23-11(4)20/h12-16H,6-7H2,1-5H3. The highest BCUT2D eigenvalue weighted by molar-refractivity contribution is 7.99. The smallest absolute Gasteiger partial charge is 0.303 e. The minimum atomic E-state index is -0.881. The van der Waals surface area contributed by atoms with E-state index >= 15 is 0 Å². The van der Waals surface area contributed by atoms with Gasteiger partial charge in [0, 0.05) is 33.1 Å². The van der Waals surface area contributed by atoms with E-state index in [4.69, 9.17) is 18.9 Å². The zero-order valence-electron chi connectivity index (χ0n) is 15.0. The summed E-state index contributed by atoms with van der Waals surface area (Å²) in [6, 6.07) is 0. The molecule has 1 aliphatic heterocycles. The Kier molecular flexibility index (Phi) is 8.37. The highest BCUT2D eigenvalue weighted by Crippen LogP contribution is 2.37. The Hall–Kier alpha value is -1.61. The first-order valence-corrected chi connectivity index (χ1v) is 9.10. The Morgan fingerprint density at radius 3 is 1.92 bits per heavy atom. The van der Waals surface area contributed by atoms with Crippen LogP contribution in [0.15, 0.2) is 0 Å². The molecular weight excluding hydrogens is 352 g/mol. The molecule has 25 heavy (non-hydrogen) atoms. The first kappa shape index (κ1) is 21.4. The van der Waals surface area contributed by atoms with Crippen LogP contribution in [0.3, 0.4) is 0 Å². The highest BCUT2D eigenvalue weighted by atomic mass is 32.2. The van der Waals surface area contributed by atoms with Crippen LogP contribution in [-0.2, 0) is 38.1 Å². The zero-order chi connectivity index (χ0) is 19.1. The lowest BCUT2D eigenvalue weighted by Crippen LogP contribution is -2.57. The predicted octanol–water partition coefficient (Wildman–Crippen LogP) is 1.10. The second kappa shape index (κ2) is 9.76. The van der Waals surface area contributed by atoms with E-state index in [0.717, 1.165) is 0 Å². The van der Waals surface area contributed by atoms with Gasteiger partial charge in [-0.05, 0) is 13.2 Å². The van der Waals surface area contributed by atoms with Crippen molar-refractivity contribution in [1.29, 1.82) is 0 Å². The van der Waals surface area contributed by atoms with Gasteiger partial charge in [0.25, 0.3) is 0 Å². The molecule has 0 bridgehead atoms. The molecule has 0 radical (unpaired) electrons. The number of hydrogen-bond donors (Lipinski definition) is 0. The largest absolute Gasteiger partial charge is 0.463 e. The molecule has 1 rings (SSSR count). The minimum absolute atomic E-state index is 0.0346. The van der Waals surface area contributed by atoms with E-state index in [2.05, 4.69) is 0 Å². The van der Waals surface area contributed by atoms with Gasteiger partial charge < -0.3 is 23.7 Å². The fourth-order valence-corrected chi connectivity index (χ4v) is 3.55. The molecule has 8 nitrogen and oxygen atoms in total. The van der Waals surface area contributed by atoms with Crippen molar-refractivity contribution >= 4 is 35.5 Å². The maximum Gasteiger partial charge on any atom is 0.303 e. The van der Waals surface area contributed by atoms with Crippen LogP contribution < -0.4 is 0 Å². The van der Waals surface area contributed by atoms with Crippen molar-refractivity contribution in [2.45, 2.75) is 57.9 Å². The molecule has 142 valence electrons. The number of thioether (sulfide) groups is 1. The van der Waals surface area contributed by atoms with Gasteiger partial charge in [0.1, 0.15) is 36.1 Å². The van der Waals surface area contributed by atoms with Crippen LogP contribution in [-0.4, -0.2) is 60.3 Å². The Morgan fingerprint density at radius 1 is 0.920 bits per heavy atom. The Balaban J connectivity index is 3.18. The highest BCUT2D eigenvalue weighted by Gasteiger charge is 2.49. The summed E-state index contributed by atoms with van der Waals surface area (Å²) in [5.74, 6) is -2.35. The van der Waals surface area contributed by atoms with Crippen molar-refractivity contribution in [3.05, 3.63) is 0 Å². The molecule has 0 spiro atoms. The van der Waals surface area contributed by atoms with E-state index in [1.54, 1.807) is 6.26 Å². The summed E-state index contributed by atoms with van der Waals surface area (Å²) < 4.78 is 21.5. The van der Waals surface area contributed by atoms with Gasteiger partial charge in [0.05, 0.1) is 0 Å². The minimum Gasteiger partial charge on any atom is -0.463 e. The van der Waals surface area contributed by atoms with Crippen molar-refractivity contribution < 1.29 is 38.1 Å². The summed E-state index contributed by atoms with van der Waals surface area (Å²) in [6.07, 6.45) is -0.613. The van der Waals surface area contributed by atoms with E-state index in [0.29, 0.717) is 0 Å². The molecule has 1 fully saturated rings. The van der Waals surface area contributed by atoms with E-state index in [1.807, 2.05) is 0 Å². The lowest BCUT2D eigenvalue weighted by molar-refractivity contribution is -0.215. The van der Waals surface area contributed by atoms with Crippen molar-refractivity contribution in [3.8, 4) is 0 Å². The molecule has 1 heterocycles. The van der Waals surface area contributed by atoms with Crippen molar-refractivity contribution in [3.63, 3.8) is 0 Å². The van der Waals surface area contributed by atoms with Gasteiger partial charge in [0.15, 0.2) is 0 Å². The Morgan fingerprint density at radius 2 is 1.48 bits per heavy atom. The predicted molar refractivity (Wildman–Crippen MR) is 88.7 cm³/mol. The Labute approximate surface area is 150 Å². The van der Waals surface area contributed by atoms with Gasteiger partial charge >= 0.3 is 17.9 Å². The van der Waals surface area contributed by atoms with Crippen LogP contribution >= 0.6 is 11.8 Å². The van der Waals surface area contributed by atoms with Crippen LogP contribution in [0.25, 0.3) is 0 Å². The number of ether oxygens (including phenoxy) is 4. The van der Waals surface area contributed by atoms with Gasteiger partial charge in [-0.3, -0.25) is 14.4 Å². The van der Waals surface area contributed by atoms with Crippen LogP contribution in [0, 0.1) is 5.92 Å². The average Bonchev–Trinajstić information content (AvgIpc) is 2.48. The van der Waals surface area contributed by atoms with Crippen LogP contribution in [0.4, 0.5) is 0 Å². The summed E-state index contributed by atoms with van der Waals surface area (Å²) in [4.78, 5) is 45.9. The lowest BCUT2D eigenvalue weighted by atomic mass is 9.85. The summed E-state index contributed by atoms with van der Waals surface area (Å²) >= 11 is 1.29. The maximum atomic E-state index is 11.7. The monoisotopic (exact) mass is 376 g/mol. The van der Waals surface area contributed by atoms with Crippen molar-refractivity contribution in [2.24, 2.45) is 5.92 Å². The summed E-state index contributed by atoms with van der Waals surface area (Å²) in [5.41, 5.74) is -0.583. The number of Topliss-reactive ketones (excluding diaryl/α,β-unsaturated/α-hetero) is 1. The maximum absolute atomic E-state index is 11.7. The number of ketones is 1. The van der Waals surface area contributed by atoms with Crippen molar-refractivity contribution in [1.82, 2.24) is 0 Å². The molecular formula is C16H24O8S. The second-order valence-corrected chi connectivity index (χ2v) is 6.74. The third-order valence-corrected chi connectivity index (χ3v) is 4.44. The first-order chi connectivity index (χ1) is 11.6. The normalized spacial score (nSPS) is 28.8. The van der Waals surface area contributed by atoms with Crippen molar-refractivity contribution in [2.75, 3.05) is 12.9 Å². The molecule has 0 saturated carbocycles. The van der Waals surface area contributed by atoms with Gasteiger partial charge in [0.2, 0.25) is 0 Å². The molecule has 0 N–H and O–H groups in total. The molecule has 0 aliphatic carbocycles. The molecule has 9 heteroatoms. The number of carbonyl (C=O) groups excluding carboxylic acids is 4. The average molecular weight is 376 g/mol. The molecule has 1 aliphatic rings. The van der Waals surface area contributed by atoms with Crippen LogP contribution in [0.1, 0.15) is 34.1 Å². The van der Waals surface area contributed by atoms with Gasteiger partial charge in [-0.1, -0.05) is 0 Å². The molecule has 0 amide bonds. The molecule has 1 saturated heterocycles. The third-order valence-electron chi connectivity index (χ3n) is 3.60. The van der Waals surface area contributed by atoms with E-state index in [1.165, 1.54) is 39.5 Å². The number of rotatable bonds is 7. The van der Waals surface area contributed by atoms with Crippen LogP contribution in [0.2, 0.25) is 0 Å². The topological polar surface area (TPSA) is 105 Å². The van der Waals surface area contributed by atoms with E-state index < -0.39 is 47.6 Å². The third kappa shape index (κ3) is 6.66. The first-order valence-electron chi connectivity index (χ1n) is 7.81. The summed E-state index contributed by atoms with van der Waals surface area (Å²) in [6.45, 7) is 5.01. The molecule has 5 atom stereocenters. The van der Waals surface area contributed by atoms with Gasteiger partial charge in [-0.25, -0.2) is 0 Å². The number of hydrogen-bond acceptors (Lipinski definition) is 9. The summed E-state index contributed by atoms with van der Waals surface area (Å²) in [5, 5.41) is 0. The number of esters is 3. The second-order valence-electron chi connectivity index (χ2n) is 5.80. The molecule has 0 aromatic rings.